The molecule has 0 aliphatic rings. The standard InChI is InChI=1S/C26H28NO5P/c1-4-30-33(28,31-5-2)26(27-20-14-10-7-11-15-20)25-24(19-12-8-6-9-13-19)22-17-16-21(29-3)18-23(22)32-25/h6-18,26-27H,4-5H2,1-3H3. The van der Waals surface area contributed by atoms with Gasteiger partial charge in [0.25, 0.3) is 0 Å². The van der Waals surface area contributed by atoms with Gasteiger partial charge in [0.05, 0.1) is 20.3 Å². The fourth-order valence-corrected chi connectivity index (χ4v) is 5.71. The number of ether oxygens (including phenoxy) is 1. The van der Waals surface area contributed by atoms with E-state index >= 15 is 0 Å². The van der Waals surface area contributed by atoms with Gasteiger partial charge in [0.1, 0.15) is 17.1 Å². The lowest BCUT2D eigenvalue weighted by atomic mass is 10.0. The summed E-state index contributed by atoms with van der Waals surface area (Å²) in [6.45, 7) is 4.07. The molecule has 0 amide bonds. The summed E-state index contributed by atoms with van der Waals surface area (Å²) >= 11 is 0. The largest absolute Gasteiger partial charge is 0.497 e. The molecular weight excluding hydrogens is 437 g/mol. The van der Waals surface area contributed by atoms with Gasteiger partial charge in [0, 0.05) is 22.7 Å². The second-order valence-electron chi connectivity index (χ2n) is 7.36. The molecule has 1 unspecified atom stereocenters. The Hall–Kier alpha value is -3.05. The molecular formula is C26H28NO5P. The Bertz CT molecular complexity index is 1230. The molecule has 1 N–H and O–H groups in total. The number of benzene rings is 3. The molecule has 0 fully saturated rings. The second-order valence-corrected chi connectivity index (χ2v) is 9.47. The predicted molar refractivity (Wildman–Crippen MR) is 132 cm³/mol. The van der Waals surface area contributed by atoms with Gasteiger partial charge in [-0.2, -0.15) is 0 Å². The monoisotopic (exact) mass is 465 g/mol. The maximum Gasteiger partial charge on any atom is 0.360 e. The molecule has 0 radical (unpaired) electrons. The zero-order valence-electron chi connectivity index (χ0n) is 19.0. The van der Waals surface area contributed by atoms with Crippen molar-refractivity contribution >= 4 is 24.3 Å². The van der Waals surface area contributed by atoms with E-state index in [1.165, 1.54) is 0 Å². The first kappa shape index (κ1) is 23.1. The number of anilines is 1. The molecule has 0 aliphatic heterocycles. The molecule has 0 saturated heterocycles. The van der Waals surface area contributed by atoms with Gasteiger partial charge in [-0.15, -0.1) is 0 Å². The maximum atomic E-state index is 14.1. The molecule has 4 aromatic rings. The molecule has 0 aliphatic carbocycles. The number of hydrogen-bond donors (Lipinski definition) is 1. The minimum atomic E-state index is -3.67. The van der Waals surface area contributed by atoms with Crippen molar-refractivity contribution in [2.24, 2.45) is 0 Å². The predicted octanol–water partition coefficient (Wildman–Crippen LogP) is 7.49. The van der Waals surface area contributed by atoms with Crippen molar-refractivity contribution in [2.75, 3.05) is 25.6 Å². The molecule has 6 nitrogen and oxygen atoms in total. The lowest BCUT2D eigenvalue weighted by Gasteiger charge is -2.27. The van der Waals surface area contributed by atoms with E-state index in [-0.39, 0.29) is 13.2 Å². The number of para-hydroxylation sites is 1. The Morgan fingerprint density at radius 2 is 1.55 bits per heavy atom. The highest BCUT2D eigenvalue weighted by Crippen LogP contribution is 2.63. The fourth-order valence-electron chi connectivity index (χ4n) is 3.84. The summed E-state index contributed by atoms with van der Waals surface area (Å²) < 4.78 is 37.5. The zero-order valence-corrected chi connectivity index (χ0v) is 19.9. The van der Waals surface area contributed by atoms with Crippen LogP contribution in [0, 0.1) is 0 Å². The van der Waals surface area contributed by atoms with Crippen LogP contribution < -0.4 is 10.1 Å². The first-order chi connectivity index (χ1) is 16.1. The lowest BCUT2D eigenvalue weighted by molar-refractivity contribution is 0.212. The Morgan fingerprint density at radius 3 is 2.15 bits per heavy atom. The van der Waals surface area contributed by atoms with E-state index in [2.05, 4.69) is 5.32 Å². The Morgan fingerprint density at radius 1 is 0.909 bits per heavy atom. The molecule has 3 aromatic carbocycles. The smallest absolute Gasteiger partial charge is 0.360 e. The van der Waals surface area contributed by atoms with E-state index in [0.717, 1.165) is 22.2 Å². The zero-order chi connectivity index (χ0) is 23.3. The van der Waals surface area contributed by atoms with Crippen LogP contribution in [0.15, 0.2) is 83.3 Å². The topological polar surface area (TPSA) is 69.9 Å². The highest BCUT2D eigenvalue weighted by molar-refractivity contribution is 7.54. The van der Waals surface area contributed by atoms with Crippen molar-refractivity contribution in [3.05, 3.63) is 84.6 Å². The number of furan rings is 1. The van der Waals surface area contributed by atoms with Crippen molar-refractivity contribution in [3.8, 4) is 16.9 Å². The highest BCUT2D eigenvalue weighted by atomic mass is 31.2. The molecule has 1 aromatic heterocycles. The summed E-state index contributed by atoms with van der Waals surface area (Å²) in [7, 11) is -2.06. The first-order valence-electron chi connectivity index (χ1n) is 11.0. The minimum absolute atomic E-state index is 0.235. The van der Waals surface area contributed by atoms with Gasteiger partial charge in [-0.25, -0.2) is 0 Å². The van der Waals surface area contributed by atoms with Crippen LogP contribution in [0.5, 0.6) is 5.75 Å². The van der Waals surface area contributed by atoms with E-state index in [0.29, 0.717) is 17.1 Å². The van der Waals surface area contributed by atoms with Gasteiger partial charge in [-0.05, 0) is 43.7 Å². The summed E-state index contributed by atoms with van der Waals surface area (Å²) in [5.74, 6) is 0.291. The maximum absolute atomic E-state index is 14.1. The quantitative estimate of drug-likeness (QED) is 0.245. The second kappa shape index (κ2) is 10.3. The molecule has 33 heavy (non-hydrogen) atoms. The lowest BCUT2D eigenvalue weighted by Crippen LogP contribution is -2.15. The van der Waals surface area contributed by atoms with E-state index in [9.17, 15) is 4.57 Å². The third-order valence-electron chi connectivity index (χ3n) is 5.25. The number of hydrogen-bond acceptors (Lipinski definition) is 6. The Labute approximate surface area is 194 Å². The number of rotatable bonds is 10. The number of methoxy groups -OCH3 is 1. The summed E-state index contributed by atoms with van der Waals surface area (Å²) in [6.07, 6.45) is 0. The minimum Gasteiger partial charge on any atom is -0.497 e. The third kappa shape index (κ3) is 4.83. The Balaban J connectivity index is 1.98. The van der Waals surface area contributed by atoms with Crippen LogP contribution in [0.3, 0.4) is 0 Å². The van der Waals surface area contributed by atoms with Crippen LogP contribution in [0.4, 0.5) is 5.69 Å². The Kier molecular flexibility index (Phi) is 7.19. The summed E-state index contributed by atoms with van der Waals surface area (Å²) in [5, 5.41) is 4.25. The first-order valence-corrected chi connectivity index (χ1v) is 12.6. The van der Waals surface area contributed by atoms with Gasteiger partial charge in [0.2, 0.25) is 0 Å². The SMILES string of the molecule is CCOP(=O)(OCC)C(Nc1ccccc1)c1oc2cc(OC)ccc2c1-c1ccccc1. The highest BCUT2D eigenvalue weighted by Gasteiger charge is 2.41. The van der Waals surface area contributed by atoms with Crippen molar-refractivity contribution in [2.45, 2.75) is 19.6 Å². The van der Waals surface area contributed by atoms with E-state index in [1.807, 2.05) is 78.9 Å². The van der Waals surface area contributed by atoms with Crippen molar-refractivity contribution in [3.63, 3.8) is 0 Å². The van der Waals surface area contributed by atoms with Crippen LogP contribution >= 0.6 is 7.60 Å². The van der Waals surface area contributed by atoms with Crippen molar-refractivity contribution in [1.29, 1.82) is 0 Å². The average Bonchev–Trinajstić information content (AvgIpc) is 3.22. The van der Waals surface area contributed by atoms with E-state index in [1.54, 1.807) is 21.0 Å². The number of nitrogens with one attached hydrogen (secondary N) is 1. The molecule has 1 atom stereocenters. The van der Waals surface area contributed by atoms with Crippen LogP contribution in [0.25, 0.3) is 22.1 Å². The van der Waals surface area contributed by atoms with Crippen LogP contribution in [0.1, 0.15) is 25.4 Å². The molecule has 1 heterocycles. The van der Waals surface area contributed by atoms with E-state index in [4.69, 9.17) is 18.2 Å². The normalized spacial score (nSPS) is 12.6. The van der Waals surface area contributed by atoms with Gasteiger partial charge >= 0.3 is 7.60 Å². The number of fused-ring (bicyclic) bond motifs is 1. The molecule has 4 rings (SSSR count). The summed E-state index contributed by atoms with van der Waals surface area (Å²) in [5.41, 5.74) is 3.18. The molecule has 172 valence electrons. The molecule has 0 bridgehead atoms. The van der Waals surface area contributed by atoms with Crippen LogP contribution in [0.2, 0.25) is 0 Å². The molecule has 7 heteroatoms. The average molecular weight is 465 g/mol. The summed E-state index contributed by atoms with van der Waals surface area (Å²) in [6, 6.07) is 25.1. The van der Waals surface area contributed by atoms with E-state index < -0.39 is 13.4 Å². The summed E-state index contributed by atoms with van der Waals surface area (Å²) in [4.78, 5) is 0. The van der Waals surface area contributed by atoms with Gasteiger partial charge in [-0.1, -0.05) is 48.5 Å². The fraction of sp³-hybridized carbons (Fsp3) is 0.231. The van der Waals surface area contributed by atoms with Crippen molar-refractivity contribution < 1.29 is 22.8 Å². The van der Waals surface area contributed by atoms with Crippen LogP contribution in [-0.4, -0.2) is 20.3 Å². The van der Waals surface area contributed by atoms with Gasteiger partial charge < -0.3 is 23.5 Å². The molecule has 0 saturated carbocycles. The van der Waals surface area contributed by atoms with Crippen LogP contribution in [-0.2, 0) is 13.6 Å². The van der Waals surface area contributed by atoms with Gasteiger partial charge in [-0.3, -0.25) is 4.57 Å². The molecule has 0 spiro atoms. The third-order valence-corrected chi connectivity index (χ3v) is 7.48. The van der Waals surface area contributed by atoms with Crippen molar-refractivity contribution in [1.82, 2.24) is 0 Å². The van der Waals surface area contributed by atoms with Gasteiger partial charge in [0.15, 0.2) is 5.78 Å².